The number of aryl methyl sites for hydroxylation is 1. The van der Waals surface area contributed by atoms with Gasteiger partial charge in [-0.25, -0.2) is 9.37 Å². The third kappa shape index (κ3) is 5.36. The monoisotopic (exact) mass is 571 g/mol. The molecule has 0 atom stereocenters. The van der Waals surface area contributed by atoms with Gasteiger partial charge in [0.1, 0.15) is 11.5 Å². The van der Waals surface area contributed by atoms with Crippen molar-refractivity contribution in [3.8, 4) is 28.1 Å². The zero-order valence-electron chi connectivity index (χ0n) is 24.6. The number of carboxylic acids is 1. The summed E-state index contributed by atoms with van der Waals surface area (Å²) in [7, 11) is 0. The fourth-order valence-corrected chi connectivity index (χ4v) is 6.30. The largest absolute Gasteiger partial charge is 0.490 e. The predicted molar refractivity (Wildman–Crippen MR) is 162 cm³/mol. The first-order valence-corrected chi connectivity index (χ1v) is 14.9. The van der Waals surface area contributed by atoms with Gasteiger partial charge < -0.3 is 19.5 Å². The van der Waals surface area contributed by atoms with Crippen LogP contribution in [0, 0.1) is 19.7 Å². The van der Waals surface area contributed by atoms with Crippen molar-refractivity contribution in [1.29, 1.82) is 0 Å². The highest BCUT2D eigenvalue weighted by Crippen LogP contribution is 2.38. The second-order valence-electron chi connectivity index (χ2n) is 11.8. The molecule has 3 aliphatic heterocycles. The number of ether oxygens (including phenoxy) is 2. The van der Waals surface area contributed by atoms with Gasteiger partial charge >= 0.3 is 5.97 Å². The molecule has 220 valence electrons. The lowest BCUT2D eigenvalue weighted by Crippen LogP contribution is -2.45. The highest BCUT2D eigenvalue weighted by molar-refractivity contribution is 5.79. The second kappa shape index (κ2) is 11.4. The van der Waals surface area contributed by atoms with Gasteiger partial charge in [0, 0.05) is 42.6 Å². The molecule has 0 amide bonds. The van der Waals surface area contributed by atoms with E-state index in [1.807, 2.05) is 50.4 Å². The molecule has 8 heteroatoms. The van der Waals surface area contributed by atoms with Gasteiger partial charge in [-0.3, -0.25) is 9.20 Å². The van der Waals surface area contributed by atoms with Crippen molar-refractivity contribution in [2.24, 2.45) is 0 Å². The quantitative estimate of drug-likeness (QED) is 0.280. The summed E-state index contributed by atoms with van der Waals surface area (Å²) in [5.41, 5.74) is 6.51. The van der Waals surface area contributed by atoms with Gasteiger partial charge in [0.2, 0.25) is 0 Å². The van der Waals surface area contributed by atoms with Gasteiger partial charge in [-0.15, -0.1) is 0 Å². The minimum Gasteiger partial charge on any atom is -0.490 e. The summed E-state index contributed by atoms with van der Waals surface area (Å²) in [4.78, 5) is 19.4. The molecule has 2 aromatic carbocycles. The van der Waals surface area contributed by atoms with E-state index in [1.165, 1.54) is 6.07 Å². The fraction of sp³-hybridized carbons (Fsp3) is 0.412. The summed E-state index contributed by atoms with van der Waals surface area (Å²) in [6.07, 6.45) is 6.29. The average Bonchev–Trinajstić information content (AvgIpc) is 3.42. The Balaban J connectivity index is 1.52. The molecule has 0 unspecified atom stereocenters. The van der Waals surface area contributed by atoms with Crippen LogP contribution in [0.25, 0.3) is 28.0 Å². The van der Waals surface area contributed by atoms with Crippen molar-refractivity contribution in [1.82, 2.24) is 9.38 Å². The zero-order chi connectivity index (χ0) is 29.4. The Morgan fingerprint density at radius 1 is 1.02 bits per heavy atom. The number of pyridine rings is 1. The summed E-state index contributed by atoms with van der Waals surface area (Å²) in [5.74, 6) is -0.0793. The highest BCUT2D eigenvalue weighted by Gasteiger charge is 2.33. The number of anilines is 1. The summed E-state index contributed by atoms with van der Waals surface area (Å²) in [6.45, 7) is 8.81. The summed E-state index contributed by atoms with van der Waals surface area (Å²) < 4.78 is 29.5. The maximum absolute atomic E-state index is 15.0. The van der Waals surface area contributed by atoms with Crippen molar-refractivity contribution < 1.29 is 23.8 Å². The molecular formula is C34H38FN3O4. The number of hydrogen-bond acceptors (Lipinski definition) is 5. The molecular weight excluding hydrogens is 533 g/mol. The number of carboxylic acid groups (broad SMARTS) is 1. The topological polar surface area (TPSA) is 76.3 Å². The van der Waals surface area contributed by atoms with Gasteiger partial charge in [0.15, 0.2) is 11.6 Å². The van der Waals surface area contributed by atoms with Crippen LogP contribution in [0.2, 0.25) is 0 Å². The number of halogens is 1. The Labute approximate surface area is 245 Å². The van der Waals surface area contributed by atoms with Crippen LogP contribution < -0.4 is 9.64 Å². The number of carbonyl (C=O) groups is 1. The second-order valence-corrected chi connectivity index (χ2v) is 11.8. The van der Waals surface area contributed by atoms with Crippen molar-refractivity contribution >= 4 is 17.4 Å². The lowest BCUT2D eigenvalue weighted by Gasteiger charge is -2.41. The number of hydrogen-bond donors (Lipinski definition) is 1. The first-order chi connectivity index (χ1) is 20.2. The van der Waals surface area contributed by atoms with Gasteiger partial charge in [0.05, 0.1) is 24.3 Å². The molecule has 3 aliphatic rings. The SMILES string of the molecule is Cc1c(CC(=O)O)c2n3cc(nc3c1C)-c1cccc(c1)-c1cccc(F)c1OCCCCCOC1(C)CCN2CC1. The molecule has 0 spiro atoms. The molecule has 1 fully saturated rings. The van der Waals surface area contributed by atoms with E-state index in [9.17, 15) is 14.3 Å². The van der Waals surface area contributed by atoms with Crippen LogP contribution in [0.3, 0.4) is 0 Å². The summed E-state index contributed by atoms with van der Waals surface area (Å²) in [5, 5.41) is 9.87. The van der Waals surface area contributed by atoms with Crippen LogP contribution in [0.5, 0.6) is 5.75 Å². The van der Waals surface area contributed by atoms with E-state index in [4.69, 9.17) is 14.5 Å². The molecule has 1 saturated heterocycles. The number of fused-ring (bicyclic) bond motifs is 8. The van der Waals surface area contributed by atoms with E-state index in [1.54, 1.807) is 6.07 Å². The fourth-order valence-electron chi connectivity index (χ4n) is 6.30. The zero-order valence-corrected chi connectivity index (χ0v) is 24.6. The molecule has 0 saturated carbocycles. The third-order valence-electron chi connectivity index (χ3n) is 8.93. The Morgan fingerprint density at radius 2 is 1.76 bits per heavy atom. The Kier molecular flexibility index (Phi) is 7.66. The molecule has 2 aromatic heterocycles. The molecule has 1 N–H and O–H groups in total. The Morgan fingerprint density at radius 3 is 2.55 bits per heavy atom. The summed E-state index contributed by atoms with van der Waals surface area (Å²) >= 11 is 0. The van der Waals surface area contributed by atoms with Gasteiger partial charge in [-0.1, -0.05) is 30.3 Å². The Bertz CT molecular complexity index is 1640. The van der Waals surface area contributed by atoms with E-state index in [-0.39, 0.29) is 23.6 Å². The van der Waals surface area contributed by atoms with E-state index >= 15 is 0 Å². The molecule has 7 nitrogen and oxygen atoms in total. The molecule has 0 radical (unpaired) electrons. The van der Waals surface area contributed by atoms with Crippen LogP contribution in [-0.4, -0.2) is 52.4 Å². The standard InChI is InChI=1S/C34H38FN3O4/c1-22-23(2)32-36-29-21-38(32)33(27(22)20-30(39)40)37-15-13-34(3,14-16-37)42-18-6-4-5-17-41-31-26(11-8-12-28(31)35)24-9-7-10-25(29)19-24/h7-12,19,21H,4-6,13-18,20H2,1-3H3,(H,39,40). The first kappa shape index (κ1) is 28.2. The number of nitrogens with zero attached hydrogens (tertiary/aromatic N) is 3. The van der Waals surface area contributed by atoms with Gasteiger partial charge in [-0.05, 0) is 81.7 Å². The molecule has 4 aromatic rings. The van der Waals surface area contributed by atoms with Gasteiger partial charge in [0.25, 0.3) is 0 Å². The normalized spacial score (nSPS) is 17.2. The van der Waals surface area contributed by atoms with E-state index in [0.29, 0.717) is 18.8 Å². The number of para-hydroxylation sites is 1. The van der Waals surface area contributed by atoms with Crippen LogP contribution in [0.4, 0.5) is 10.2 Å². The number of benzene rings is 2. The van der Waals surface area contributed by atoms with Crippen molar-refractivity contribution in [3.63, 3.8) is 0 Å². The number of imidazole rings is 1. The maximum Gasteiger partial charge on any atom is 0.307 e. The van der Waals surface area contributed by atoms with Crippen LogP contribution in [0.1, 0.15) is 55.7 Å². The predicted octanol–water partition coefficient (Wildman–Crippen LogP) is 6.99. The van der Waals surface area contributed by atoms with E-state index in [0.717, 1.165) is 90.2 Å². The lowest BCUT2D eigenvalue weighted by atomic mass is 9.92. The first-order valence-electron chi connectivity index (χ1n) is 14.9. The van der Waals surface area contributed by atoms with Gasteiger partial charge in [-0.2, -0.15) is 0 Å². The average molecular weight is 572 g/mol. The van der Waals surface area contributed by atoms with Crippen molar-refractivity contribution in [2.45, 2.75) is 64.9 Å². The number of aliphatic carboxylic acids is 1. The van der Waals surface area contributed by atoms with E-state index in [2.05, 4.69) is 16.2 Å². The third-order valence-corrected chi connectivity index (χ3v) is 8.93. The number of aromatic nitrogens is 2. The minimum atomic E-state index is -0.856. The number of piperidine rings is 1. The van der Waals surface area contributed by atoms with Crippen LogP contribution >= 0.6 is 0 Å². The molecule has 7 rings (SSSR count). The van der Waals surface area contributed by atoms with Crippen LogP contribution in [0.15, 0.2) is 48.7 Å². The molecule has 0 aliphatic carbocycles. The summed E-state index contributed by atoms with van der Waals surface area (Å²) in [6, 6.07) is 13.0. The number of rotatable bonds is 2. The highest BCUT2D eigenvalue weighted by atomic mass is 19.1. The maximum atomic E-state index is 15.0. The lowest BCUT2D eigenvalue weighted by molar-refractivity contribution is -0.136. The smallest absolute Gasteiger partial charge is 0.307 e. The van der Waals surface area contributed by atoms with Crippen molar-refractivity contribution in [3.05, 3.63) is 71.2 Å². The Hall–Kier alpha value is -3.91. The molecule has 5 heterocycles. The van der Waals surface area contributed by atoms with Crippen molar-refractivity contribution in [2.75, 3.05) is 31.2 Å². The molecule has 42 heavy (non-hydrogen) atoms. The minimum absolute atomic E-state index is 0.0619. The molecule has 6 bridgehead atoms. The van der Waals surface area contributed by atoms with Crippen LogP contribution in [-0.2, 0) is 16.0 Å². The van der Waals surface area contributed by atoms with E-state index < -0.39 is 5.97 Å².